The van der Waals surface area contributed by atoms with Crippen LogP contribution in [0.4, 0.5) is 4.39 Å². The maximum absolute atomic E-state index is 16.6. The number of carbonyl (C=O) groups is 2. The summed E-state index contributed by atoms with van der Waals surface area (Å²) in [4.78, 5) is 29.6. The third kappa shape index (κ3) is 5.86. The molecule has 0 saturated carbocycles. The lowest BCUT2D eigenvalue weighted by Gasteiger charge is -2.42. The van der Waals surface area contributed by atoms with Crippen molar-refractivity contribution < 1.29 is 28.6 Å². The zero-order chi connectivity index (χ0) is 31.6. The number of likely N-dealkylation sites (tertiary alicyclic amines) is 1. The van der Waals surface area contributed by atoms with Gasteiger partial charge in [0.2, 0.25) is 0 Å². The summed E-state index contributed by atoms with van der Waals surface area (Å²) in [6.07, 6.45) is 1.97. The third-order valence-electron chi connectivity index (χ3n) is 9.23. The second-order valence-electron chi connectivity index (χ2n) is 11.5. The quantitative estimate of drug-likeness (QED) is 0.254. The fraction of sp³-hybridized carbons (Fsp3) is 0.412. The lowest BCUT2D eigenvalue weighted by molar-refractivity contribution is -0.141. The van der Waals surface area contributed by atoms with Crippen molar-refractivity contribution in [2.75, 3.05) is 33.9 Å². The van der Waals surface area contributed by atoms with Crippen molar-refractivity contribution in [3.63, 3.8) is 0 Å². The van der Waals surface area contributed by atoms with Crippen molar-refractivity contribution in [3.05, 3.63) is 104 Å². The van der Waals surface area contributed by atoms with Gasteiger partial charge in [0, 0.05) is 35.8 Å². The molecule has 0 aliphatic carbocycles. The van der Waals surface area contributed by atoms with E-state index in [1.54, 1.807) is 42.5 Å². The van der Waals surface area contributed by atoms with Crippen molar-refractivity contribution in [1.82, 2.24) is 9.80 Å². The second-order valence-corrected chi connectivity index (χ2v) is 12.3. The van der Waals surface area contributed by atoms with E-state index in [0.29, 0.717) is 66.5 Å². The molecule has 2 aliphatic rings. The first-order chi connectivity index (χ1) is 21.1. The lowest BCUT2D eigenvalue weighted by atomic mass is 9.73. The first-order valence-electron chi connectivity index (χ1n) is 14.8. The van der Waals surface area contributed by atoms with Gasteiger partial charge in [0.25, 0.3) is 5.91 Å². The predicted molar refractivity (Wildman–Crippen MR) is 167 cm³/mol. The molecule has 3 aromatic carbocycles. The van der Waals surface area contributed by atoms with E-state index in [4.69, 9.17) is 32.7 Å². The number of nitrogens with zero attached hydrogens (tertiary/aromatic N) is 2. The molecule has 1 saturated heterocycles. The summed E-state index contributed by atoms with van der Waals surface area (Å²) in [6, 6.07) is 16.9. The highest BCUT2D eigenvalue weighted by Gasteiger charge is 2.54. The highest BCUT2D eigenvalue weighted by molar-refractivity contribution is 6.30. The molecular formula is C34H37Cl2FN2O5. The molecule has 2 atom stereocenters. The van der Waals surface area contributed by atoms with Gasteiger partial charge in [-0.25, -0.2) is 4.39 Å². The number of halogens is 3. The molecule has 3 aromatic rings. The van der Waals surface area contributed by atoms with E-state index >= 15 is 4.39 Å². The average Bonchev–Trinajstić information content (AvgIpc) is 3.28. The number of piperidine rings is 1. The molecule has 1 N–H and O–H groups in total. The Morgan fingerprint density at radius 2 is 1.66 bits per heavy atom. The number of rotatable bonds is 10. The van der Waals surface area contributed by atoms with Crippen molar-refractivity contribution >= 4 is 35.1 Å². The van der Waals surface area contributed by atoms with Crippen LogP contribution in [0.25, 0.3) is 0 Å². The molecule has 10 heteroatoms. The van der Waals surface area contributed by atoms with Gasteiger partial charge in [-0.15, -0.1) is 0 Å². The van der Waals surface area contributed by atoms with Crippen LogP contribution in [-0.4, -0.2) is 60.6 Å². The molecule has 0 radical (unpaired) electrons. The molecule has 44 heavy (non-hydrogen) atoms. The number of carbonyl (C=O) groups excluding carboxylic acids is 2. The molecule has 0 aromatic heterocycles. The Hall–Kier alpha value is -3.01. The van der Waals surface area contributed by atoms with E-state index in [1.807, 2.05) is 19.1 Å². The molecular weight excluding hydrogens is 606 g/mol. The zero-order valence-corrected chi connectivity index (χ0v) is 26.6. The van der Waals surface area contributed by atoms with Crippen LogP contribution in [-0.2, 0) is 32.1 Å². The molecule has 5 rings (SSSR count). The minimum absolute atomic E-state index is 0.0983. The van der Waals surface area contributed by atoms with E-state index in [9.17, 15) is 14.7 Å². The molecule has 2 heterocycles. The maximum Gasteiger partial charge on any atom is 0.306 e. The number of esters is 1. The molecule has 1 unspecified atom stereocenters. The monoisotopic (exact) mass is 642 g/mol. The number of hydrogen-bond donors (Lipinski definition) is 1. The lowest BCUT2D eigenvalue weighted by Crippen LogP contribution is -2.46. The number of ether oxygens (including phenoxy) is 2. The van der Waals surface area contributed by atoms with E-state index in [0.717, 1.165) is 5.56 Å². The summed E-state index contributed by atoms with van der Waals surface area (Å²) in [7, 11) is 2.83. The summed E-state index contributed by atoms with van der Waals surface area (Å²) < 4.78 is 27.5. The average molecular weight is 644 g/mol. The van der Waals surface area contributed by atoms with Crippen molar-refractivity contribution in [1.29, 1.82) is 0 Å². The third-order valence-corrected chi connectivity index (χ3v) is 9.74. The van der Waals surface area contributed by atoms with E-state index in [2.05, 4.69) is 4.90 Å². The molecule has 234 valence electrons. The van der Waals surface area contributed by atoms with E-state index < -0.39 is 23.1 Å². The molecule has 7 nitrogen and oxygen atoms in total. The van der Waals surface area contributed by atoms with Gasteiger partial charge in [-0.2, -0.15) is 0 Å². The largest absolute Gasteiger partial charge is 0.469 e. The zero-order valence-electron chi connectivity index (χ0n) is 25.1. The van der Waals surface area contributed by atoms with Crippen LogP contribution in [0.1, 0.15) is 65.2 Å². The van der Waals surface area contributed by atoms with Crippen molar-refractivity contribution in [2.45, 2.75) is 50.5 Å². The van der Waals surface area contributed by atoms with Crippen LogP contribution in [0.3, 0.4) is 0 Å². The predicted octanol–water partition coefficient (Wildman–Crippen LogP) is 6.51. The molecule has 1 fully saturated rings. The Morgan fingerprint density at radius 3 is 2.23 bits per heavy atom. The van der Waals surface area contributed by atoms with Crippen LogP contribution in [0.2, 0.25) is 10.0 Å². The van der Waals surface area contributed by atoms with Crippen molar-refractivity contribution in [2.24, 2.45) is 5.92 Å². The first-order valence-corrected chi connectivity index (χ1v) is 15.6. The normalized spacial score (nSPS) is 20.4. The maximum atomic E-state index is 16.6. The standard InChI is InChI=1S/C34H37Cl2FN2O5/c1-4-33(42,23-13-16-38(17-14-23)18-15-30(40)43-2)25-19-28-31(29(37)20-25)34(44-3,24-7-11-27(36)12-8-24)39(32(28)41)21-22-5-9-26(35)10-6-22/h5-12,19-20,23,42H,4,13-18,21H2,1-3H3/t33?,34-/m1/s1. The van der Waals surface area contributed by atoms with Gasteiger partial charge in [0.05, 0.1) is 30.3 Å². The summed E-state index contributed by atoms with van der Waals surface area (Å²) in [5.41, 5.74) is -0.988. The van der Waals surface area contributed by atoms with Gasteiger partial charge in [-0.3, -0.25) is 14.5 Å². The number of aliphatic hydroxyl groups is 1. The Balaban J connectivity index is 1.54. The van der Waals surface area contributed by atoms with Gasteiger partial charge in [-0.1, -0.05) is 54.4 Å². The van der Waals surface area contributed by atoms with Crippen LogP contribution < -0.4 is 0 Å². The first kappa shape index (κ1) is 32.4. The van der Waals surface area contributed by atoms with E-state index in [1.165, 1.54) is 25.2 Å². The molecule has 1 amide bonds. The molecule has 2 aliphatic heterocycles. The number of fused-ring (bicyclic) bond motifs is 1. The number of methoxy groups -OCH3 is 2. The highest BCUT2D eigenvalue weighted by atomic mass is 35.5. The van der Waals surface area contributed by atoms with Gasteiger partial charge < -0.3 is 19.5 Å². The Bertz CT molecular complexity index is 1510. The van der Waals surface area contributed by atoms with Crippen LogP contribution in [0.5, 0.6) is 0 Å². The Labute approximate surface area is 267 Å². The van der Waals surface area contributed by atoms with Gasteiger partial charge in [-0.05, 0) is 85.8 Å². The SMILES string of the molecule is CCC(O)(c1cc(F)c2c(c1)C(=O)N(Cc1ccc(Cl)cc1)[C@@]2(OC)c1ccc(Cl)cc1)C1CCN(CCC(=O)OC)CC1. The highest BCUT2D eigenvalue weighted by Crippen LogP contribution is 2.49. The van der Waals surface area contributed by atoms with Crippen LogP contribution in [0.15, 0.2) is 60.7 Å². The minimum atomic E-state index is -1.57. The van der Waals surface area contributed by atoms with Crippen molar-refractivity contribution in [3.8, 4) is 0 Å². The minimum Gasteiger partial charge on any atom is -0.469 e. The Morgan fingerprint density at radius 1 is 1.05 bits per heavy atom. The fourth-order valence-corrected chi connectivity index (χ4v) is 7.02. The van der Waals surface area contributed by atoms with Crippen LogP contribution >= 0.6 is 23.2 Å². The topological polar surface area (TPSA) is 79.3 Å². The van der Waals surface area contributed by atoms with Crippen LogP contribution in [0, 0.1) is 11.7 Å². The van der Waals surface area contributed by atoms with E-state index in [-0.39, 0.29) is 29.6 Å². The summed E-state index contributed by atoms with van der Waals surface area (Å²) >= 11 is 12.3. The van der Waals surface area contributed by atoms with Gasteiger partial charge in [0.1, 0.15) is 5.82 Å². The second kappa shape index (κ2) is 13.2. The number of hydrogen-bond acceptors (Lipinski definition) is 6. The van der Waals surface area contributed by atoms with Gasteiger partial charge in [0.15, 0.2) is 5.72 Å². The molecule has 0 spiro atoms. The number of amides is 1. The smallest absolute Gasteiger partial charge is 0.306 e. The fourth-order valence-electron chi connectivity index (χ4n) is 6.77. The van der Waals surface area contributed by atoms with Gasteiger partial charge >= 0.3 is 5.97 Å². The summed E-state index contributed by atoms with van der Waals surface area (Å²) in [5.74, 6) is -1.47. The summed E-state index contributed by atoms with van der Waals surface area (Å²) in [5, 5.41) is 13.2. The Kier molecular flexibility index (Phi) is 9.68. The molecule has 0 bridgehead atoms. The number of benzene rings is 3. The summed E-state index contributed by atoms with van der Waals surface area (Å²) in [6.45, 7) is 3.96.